The molecule has 0 unspecified atom stereocenters. The fraction of sp³-hybridized carbons (Fsp3) is 0.462. The van der Waals surface area contributed by atoms with Gasteiger partial charge in [-0.3, -0.25) is 0 Å². The van der Waals surface area contributed by atoms with Gasteiger partial charge in [0.2, 0.25) is 0 Å². The molecule has 94 valence electrons. The van der Waals surface area contributed by atoms with Crippen LogP contribution in [-0.2, 0) is 17.6 Å². The summed E-state index contributed by atoms with van der Waals surface area (Å²) in [6, 6.07) is 0. The highest BCUT2D eigenvalue weighted by Gasteiger charge is 2.19. The standard InChI is InChI=1S/C13H15N3O2/c1-2-18-13(17)10-8-15-16-11-6-4-3-5-9(11)7-14-12(10)16/h7-8H,2-6H2,1H3. The minimum Gasteiger partial charge on any atom is -0.462 e. The van der Waals surface area contributed by atoms with Crippen LogP contribution in [0.3, 0.4) is 0 Å². The maximum Gasteiger partial charge on any atom is 0.343 e. The highest BCUT2D eigenvalue weighted by Crippen LogP contribution is 2.22. The van der Waals surface area contributed by atoms with E-state index in [4.69, 9.17) is 4.74 Å². The normalized spacial score (nSPS) is 14.5. The number of hydrogen-bond acceptors (Lipinski definition) is 4. The molecule has 5 nitrogen and oxygen atoms in total. The van der Waals surface area contributed by atoms with Crippen LogP contribution in [0.25, 0.3) is 5.65 Å². The average Bonchev–Trinajstić information content (AvgIpc) is 2.83. The van der Waals surface area contributed by atoms with Gasteiger partial charge in [0.05, 0.1) is 12.8 Å². The van der Waals surface area contributed by atoms with Crippen LogP contribution >= 0.6 is 0 Å². The first-order chi connectivity index (χ1) is 8.81. The number of carbonyl (C=O) groups excluding carboxylic acids is 1. The summed E-state index contributed by atoms with van der Waals surface area (Å²) in [7, 11) is 0. The summed E-state index contributed by atoms with van der Waals surface area (Å²) in [6.45, 7) is 2.15. The van der Waals surface area contributed by atoms with Crippen molar-refractivity contribution in [3.05, 3.63) is 29.2 Å². The van der Waals surface area contributed by atoms with E-state index in [0.717, 1.165) is 12.8 Å². The van der Waals surface area contributed by atoms with Gasteiger partial charge in [0.1, 0.15) is 5.56 Å². The number of esters is 1. The van der Waals surface area contributed by atoms with E-state index >= 15 is 0 Å². The molecule has 0 saturated carbocycles. The number of carbonyl (C=O) groups is 1. The van der Waals surface area contributed by atoms with Gasteiger partial charge in [0.15, 0.2) is 5.65 Å². The van der Waals surface area contributed by atoms with Crippen molar-refractivity contribution >= 4 is 11.6 Å². The Hall–Kier alpha value is -1.91. The third kappa shape index (κ3) is 1.66. The van der Waals surface area contributed by atoms with Crippen LogP contribution < -0.4 is 0 Å². The number of rotatable bonds is 2. The Morgan fingerprint density at radius 1 is 1.39 bits per heavy atom. The van der Waals surface area contributed by atoms with E-state index in [1.165, 1.54) is 24.1 Å². The van der Waals surface area contributed by atoms with E-state index in [9.17, 15) is 4.79 Å². The third-order valence-corrected chi connectivity index (χ3v) is 3.32. The van der Waals surface area contributed by atoms with Gasteiger partial charge in [-0.2, -0.15) is 5.10 Å². The maximum absolute atomic E-state index is 11.8. The highest BCUT2D eigenvalue weighted by molar-refractivity contribution is 5.95. The van der Waals surface area contributed by atoms with Crippen LogP contribution in [0.5, 0.6) is 0 Å². The molecule has 0 radical (unpaired) electrons. The van der Waals surface area contributed by atoms with E-state index in [1.807, 2.05) is 6.20 Å². The Morgan fingerprint density at radius 3 is 3.06 bits per heavy atom. The van der Waals surface area contributed by atoms with Crippen molar-refractivity contribution < 1.29 is 9.53 Å². The van der Waals surface area contributed by atoms with Crippen molar-refractivity contribution in [1.82, 2.24) is 14.6 Å². The number of fused-ring (bicyclic) bond motifs is 3. The number of aryl methyl sites for hydroxylation is 2. The van der Waals surface area contributed by atoms with E-state index < -0.39 is 0 Å². The van der Waals surface area contributed by atoms with Gasteiger partial charge >= 0.3 is 5.97 Å². The average molecular weight is 245 g/mol. The highest BCUT2D eigenvalue weighted by atomic mass is 16.5. The first-order valence-corrected chi connectivity index (χ1v) is 6.33. The molecule has 0 fully saturated rings. The van der Waals surface area contributed by atoms with Crippen molar-refractivity contribution in [2.24, 2.45) is 0 Å². The summed E-state index contributed by atoms with van der Waals surface area (Å²) in [6.07, 6.45) is 7.83. The van der Waals surface area contributed by atoms with Gasteiger partial charge in [-0.1, -0.05) is 0 Å². The lowest BCUT2D eigenvalue weighted by Gasteiger charge is -2.15. The second-order valence-corrected chi connectivity index (χ2v) is 4.45. The molecular weight excluding hydrogens is 230 g/mol. The molecule has 5 heteroatoms. The fourth-order valence-electron chi connectivity index (χ4n) is 2.45. The minimum atomic E-state index is -0.351. The van der Waals surface area contributed by atoms with Crippen molar-refractivity contribution in [3.63, 3.8) is 0 Å². The van der Waals surface area contributed by atoms with Gasteiger partial charge in [-0.05, 0) is 38.2 Å². The monoisotopic (exact) mass is 245 g/mol. The zero-order valence-corrected chi connectivity index (χ0v) is 10.3. The lowest BCUT2D eigenvalue weighted by molar-refractivity contribution is 0.0528. The Morgan fingerprint density at radius 2 is 2.22 bits per heavy atom. The van der Waals surface area contributed by atoms with Gasteiger partial charge in [-0.25, -0.2) is 14.3 Å². The number of aromatic nitrogens is 3. The molecule has 2 aromatic heterocycles. The predicted molar refractivity (Wildman–Crippen MR) is 65.6 cm³/mol. The molecule has 1 aliphatic rings. The van der Waals surface area contributed by atoms with Crippen molar-refractivity contribution in [1.29, 1.82) is 0 Å². The van der Waals surface area contributed by atoms with Crippen LogP contribution in [0.4, 0.5) is 0 Å². The molecule has 0 atom stereocenters. The SMILES string of the molecule is CCOC(=O)c1cnn2c3c(cnc12)CCCC3. The van der Waals surface area contributed by atoms with Crippen LogP contribution in [0.2, 0.25) is 0 Å². The minimum absolute atomic E-state index is 0.351. The lowest BCUT2D eigenvalue weighted by atomic mass is 9.97. The molecule has 0 aliphatic heterocycles. The van der Waals surface area contributed by atoms with Crippen LogP contribution in [0, 0.1) is 0 Å². The quantitative estimate of drug-likeness (QED) is 0.757. The molecule has 0 saturated heterocycles. The Labute approximate surface area is 105 Å². The zero-order chi connectivity index (χ0) is 12.5. The fourth-order valence-corrected chi connectivity index (χ4v) is 2.45. The van der Waals surface area contributed by atoms with E-state index in [0.29, 0.717) is 17.8 Å². The predicted octanol–water partition coefficient (Wildman–Crippen LogP) is 1.78. The van der Waals surface area contributed by atoms with Crippen molar-refractivity contribution in [3.8, 4) is 0 Å². The Kier molecular flexibility index (Phi) is 2.74. The molecule has 0 amide bonds. The Bertz CT molecular complexity index is 604. The molecule has 0 N–H and O–H groups in total. The second-order valence-electron chi connectivity index (χ2n) is 4.45. The second kappa shape index (κ2) is 4.40. The van der Waals surface area contributed by atoms with Crippen LogP contribution in [-0.4, -0.2) is 27.2 Å². The topological polar surface area (TPSA) is 56.5 Å². The number of hydrogen-bond donors (Lipinski definition) is 0. The summed E-state index contributed by atoms with van der Waals surface area (Å²) in [5.74, 6) is -0.351. The van der Waals surface area contributed by atoms with E-state index in [-0.39, 0.29) is 5.97 Å². The molecule has 0 aromatic carbocycles. The van der Waals surface area contributed by atoms with Crippen LogP contribution in [0.1, 0.15) is 41.4 Å². The summed E-state index contributed by atoms with van der Waals surface area (Å²) in [5.41, 5.74) is 3.48. The third-order valence-electron chi connectivity index (χ3n) is 3.32. The van der Waals surface area contributed by atoms with Crippen molar-refractivity contribution in [2.45, 2.75) is 32.6 Å². The first-order valence-electron chi connectivity index (χ1n) is 6.33. The van der Waals surface area contributed by atoms with Crippen molar-refractivity contribution in [2.75, 3.05) is 6.61 Å². The van der Waals surface area contributed by atoms with Gasteiger partial charge < -0.3 is 4.74 Å². The molecule has 0 bridgehead atoms. The lowest BCUT2D eigenvalue weighted by Crippen LogP contribution is -2.11. The summed E-state index contributed by atoms with van der Waals surface area (Å²) in [4.78, 5) is 16.1. The smallest absolute Gasteiger partial charge is 0.343 e. The molecule has 2 aromatic rings. The molecule has 18 heavy (non-hydrogen) atoms. The van der Waals surface area contributed by atoms with Gasteiger partial charge in [0, 0.05) is 11.9 Å². The van der Waals surface area contributed by atoms with Gasteiger partial charge in [0.25, 0.3) is 0 Å². The first kappa shape index (κ1) is 11.2. The summed E-state index contributed by atoms with van der Waals surface area (Å²) in [5, 5.41) is 4.29. The maximum atomic E-state index is 11.8. The van der Waals surface area contributed by atoms with Gasteiger partial charge in [-0.15, -0.1) is 0 Å². The van der Waals surface area contributed by atoms with E-state index in [2.05, 4.69) is 10.1 Å². The molecule has 0 spiro atoms. The molecular formula is C13H15N3O2. The largest absolute Gasteiger partial charge is 0.462 e. The van der Waals surface area contributed by atoms with E-state index in [1.54, 1.807) is 17.6 Å². The molecule has 1 aliphatic carbocycles. The summed E-state index contributed by atoms with van der Waals surface area (Å²) < 4.78 is 6.80. The van der Waals surface area contributed by atoms with Crippen LogP contribution in [0.15, 0.2) is 12.4 Å². The summed E-state index contributed by atoms with van der Waals surface area (Å²) >= 11 is 0. The molecule has 3 rings (SSSR count). The molecule has 2 heterocycles. The number of ether oxygens (including phenoxy) is 1. The zero-order valence-electron chi connectivity index (χ0n) is 10.3. The number of nitrogens with zero attached hydrogens (tertiary/aromatic N) is 3. The Balaban J connectivity index is 2.12.